The van der Waals surface area contributed by atoms with Gasteiger partial charge in [0.25, 0.3) is 0 Å². The maximum atomic E-state index is 10.7. The Kier molecular flexibility index (Phi) is 2.88. The SMILES string of the molecule is CCn1cc2cc(-c3ccc(C=O)cc3)ccc2n1. The monoisotopic (exact) mass is 250 g/mol. The van der Waals surface area contributed by atoms with Gasteiger partial charge in [0.1, 0.15) is 6.29 Å². The molecule has 0 saturated carbocycles. The summed E-state index contributed by atoms with van der Waals surface area (Å²) in [6, 6.07) is 13.8. The van der Waals surface area contributed by atoms with Crippen LogP contribution in [-0.4, -0.2) is 16.1 Å². The van der Waals surface area contributed by atoms with Gasteiger partial charge >= 0.3 is 0 Å². The average molecular weight is 250 g/mol. The van der Waals surface area contributed by atoms with Crippen molar-refractivity contribution in [1.82, 2.24) is 9.78 Å². The largest absolute Gasteiger partial charge is 0.298 e. The van der Waals surface area contributed by atoms with Crippen LogP contribution in [0.2, 0.25) is 0 Å². The maximum absolute atomic E-state index is 10.7. The van der Waals surface area contributed by atoms with Crippen LogP contribution in [0.1, 0.15) is 17.3 Å². The zero-order chi connectivity index (χ0) is 13.2. The summed E-state index contributed by atoms with van der Waals surface area (Å²) < 4.78 is 1.93. The molecule has 3 rings (SSSR count). The molecular formula is C16H14N2O. The van der Waals surface area contributed by atoms with E-state index in [1.54, 1.807) is 0 Å². The number of aromatic nitrogens is 2. The third kappa shape index (κ3) is 2.15. The summed E-state index contributed by atoms with van der Waals surface area (Å²) in [4.78, 5) is 10.7. The number of carbonyl (C=O) groups excluding carboxylic acids is 1. The zero-order valence-electron chi connectivity index (χ0n) is 10.7. The van der Waals surface area contributed by atoms with E-state index in [2.05, 4.69) is 30.4 Å². The van der Waals surface area contributed by atoms with Crippen LogP contribution in [0.3, 0.4) is 0 Å². The number of carbonyl (C=O) groups is 1. The average Bonchev–Trinajstić information content (AvgIpc) is 2.89. The van der Waals surface area contributed by atoms with E-state index in [1.807, 2.05) is 35.0 Å². The molecule has 94 valence electrons. The lowest BCUT2D eigenvalue weighted by molar-refractivity contribution is 0.112. The fraction of sp³-hybridized carbons (Fsp3) is 0.125. The number of aryl methyl sites for hydroxylation is 1. The van der Waals surface area contributed by atoms with Gasteiger partial charge in [-0.2, -0.15) is 5.10 Å². The van der Waals surface area contributed by atoms with E-state index in [-0.39, 0.29) is 0 Å². The molecule has 0 unspecified atom stereocenters. The van der Waals surface area contributed by atoms with E-state index in [1.165, 1.54) is 0 Å². The molecule has 0 atom stereocenters. The van der Waals surface area contributed by atoms with Crippen LogP contribution in [0, 0.1) is 0 Å². The molecule has 2 aromatic carbocycles. The summed E-state index contributed by atoms with van der Waals surface area (Å²) in [6.07, 6.45) is 2.91. The van der Waals surface area contributed by atoms with Gasteiger partial charge in [0.2, 0.25) is 0 Å². The van der Waals surface area contributed by atoms with Crippen LogP contribution in [0.25, 0.3) is 22.0 Å². The van der Waals surface area contributed by atoms with Crippen molar-refractivity contribution in [1.29, 1.82) is 0 Å². The van der Waals surface area contributed by atoms with Gasteiger partial charge in [0.15, 0.2) is 0 Å². The highest BCUT2D eigenvalue weighted by atomic mass is 16.1. The van der Waals surface area contributed by atoms with Crippen molar-refractivity contribution in [2.45, 2.75) is 13.5 Å². The van der Waals surface area contributed by atoms with E-state index < -0.39 is 0 Å². The van der Waals surface area contributed by atoms with Crippen molar-refractivity contribution in [2.24, 2.45) is 0 Å². The number of hydrogen-bond donors (Lipinski definition) is 0. The highest BCUT2D eigenvalue weighted by molar-refractivity contribution is 5.85. The van der Waals surface area contributed by atoms with Crippen molar-refractivity contribution in [3.05, 3.63) is 54.2 Å². The van der Waals surface area contributed by atoms with E-state index >= 15 is 0 Å². The Balaban J connectivity index is 2.05. The molecule has 0 N–H and O–H groups in total. The molecule has 3 heteroatoms. The molecule has 0 amide bonds. The van der Waals surface area contributed by atoms with Crippen molar-refractivity contribution < 1.29 is 4.79 Å². The first-order chi connectivity index (χ1) is 9.30. The van der Waals surface area contributed by atoms with Crippen LogP contribution in [0.5, 0.6) is 0 Å². The number of aldehydes is 1. The molecule has 0 spiro atoms. The lowest BCUT2D eigenvalue weighted by Crippen LogP contribution is -1.92. The molecule has 1 heterocycles. The second kappa shape index (κ2) is 4.69. The van der Waals surface area contributed by atoms with Gasteiger partial charge in [-0.15, -0.1) is 0 Å². The van der Waals surface area contributed by atoms with Crippen LogP contribution in [0.15, 0.2) is 48.7 Å². The molecular weight excluding hydrogens is 236 g/mol. The van der Waals surface area contributed by atoms with E-state index in [4.69, 9.17) is 0 Å². The summed E-state index contributed by atoms with van der Waals surface area (Å²) >= 11 is 0. The van der Waals surface area contributed by atoms with Gasteiger partial charge in [-0.05, 0) is 30.2 Å². The minimum Gasteiger partial charge on any atom is -0.298 e. The summed E-state index contributed by atoms with van der Waals surface area (Å²) in [5, 5.41) is 5.60. The van der Waals surface area contributed by atoms with Gasteiger partial charge in [0.05, 0.1) is 5.52 Å². The van der Waals surface area contributed by atoms with Gasteiger partial charge in [-0.25, -0.2) is 0 Å². The number of nitrogens with zero attached hydrogens (tertiary/aromatic N) is 2. The molecule has 0 radical (unpaired) electrons. The van der Waals surface area contributed by atoms with Crippen molar-refractivity contribution in [3.63, 3.8) is 0 Å². The predicted octanol–water partition coefficient (Wildman–Crippen LogP) is 3.54. The van der Waals surface area contributed by atoms with Gasteiger partial charge in [-0.3, -0.25) is 9.48 Å². The second-order valence-electron chi connectivity index (χ2n) is 4.50. The lowest BCUT2D eigenvalue weighted by Gasteiger charge is -2.01. The Morgan fingerprint density at radius 1 is 1.11 bits per heavy atom. The summed E-state index contributed by atoms with van der Waals surface area (Å²) in [5.74, 6) is 0. The molecule has 0 saturated heterocycles. The van der Waals surface area contributed by atoms with E-state index in [0.29, 0.717) is 5.56 Å². The van der Waals surface area contributed by atoms with Crippen LogP contribution >= 0.6 is 0 Å². The fourth-order valence-corrected chi connectivity index (χ4v) is 2.17. The Morgan fingerprint density at radius 2 is 1.84 bits per heavy atom. The number of fused-ring (bicyclic) bond motifs is 1. The van der Waals surface area contributed by atoms with Crippen molar-refractivity contribution in [2.75, 3.05) is 0 Å². The lowest BCUT2D eigenvalue weighted by atomic mass is 10.0. The van der Waals surface area contributed by atoms with Crippen LogP contribution in [-0.2, 0) is 6.54 Å². The van der Waals surface area contributed by atoms with E-state index in [9.17, 15) is 4.79 Å². The third-order valence-electron chi connectivity index (χ3n) is 3.26. The molecule has 0 aliphatic heterocycles. The highest BCUT2D eigenvalue weighted by Crippen LogP contribution is 2.24. The van der Waals surface area contributed by atoms with Crippen molar-refractivity contribution in [3.8, 4) is 11.1 Å². The predicted molar refractivity (Wildman–Crippen MR) is 76.2 cm³/mol. The number of hydrogen-bond acceptors (Lipinski definition) is 2. The molecule has 0 aliphatic carbocycles. The standard InChI is InChI=1S/C16H14N2O/c1-2-18-10-15-9-14(7-8-16(15)17-18)13-5-3-12(11-19)4-6-13/h3-11H,2H2,1H3. The van der Waals surface area contributed by atoms with Crippen LogP contribution < -0.4 is 0 Å². The molecule has 3 nitrogen and oxygen atoms in total. The first kappa shape index (κ1) is 11.7. The first-order valence-electron chi connectivity index (χ1n) is 6.33. The second-order valence-corrected chi connectivity index (χ2v) is 4.50. The van der Waals surface area contributed by atoms with Gasteiger partial charge in [0, 0.05) is 23.7 Å². The molecule has 1 aromatic heterocycles. The quantitative estimate of drug-likeness (QED) is 0.666. The molecule has 0 aliphatic rings. The third-order valence-corrected chi connectivity index (χ3v) is 3.26. The zero-order valence-corrected chi connectivity index (χ0v) is 10.7. The van der Waals surface area contributed by atoms with Gasteiger partial charge in [-0.1, -0.05) is 30.3 Å². The van der Waals surface area contributed by atoms with Crippen LogP contribution in [0.4, 0.5) is 0 Å². The maximum Gasteiger partial charge on any atom is 0.150 e. The van der Waals surface area contributed by atoms with Gasteiger partial charge < -0.3 is 0 Å². The molecule has 19 heavy (non-hydrogen) atoms. The minimum absolute atomic E-state index is 0.698. The van der Waals surface area contributed by atoms with E-state index in [0.717, 1.165) is 34.9 Å². The summed E-state index contributed by atoms with van der Waals surface area (Å²) in [6.45, 7) is 2.95. The number of rotatable bonds is 3. The Bertz CT molecular complexity index is 726. The highest BCUT2D eigenvalue weighted by Gasteiger charge is 2.03. The first-order valence-corrected chi connectivity index (χ1v) is 6.33. The topological polar surface area (TPSA) is 34.9 Å². The molecule has 3 aromatic rings. The Labute approximate surface area is 111 Å². The molecule has 0 fully saturated rings. The normalized spacial score (nSPS) is 10.8. The summed E-state index contributed by atoms with van der Waals surface area (Å²) in [5.41, 5.74) is 3.95. The summed E-state index contributed by atoms with van der Waals surface area (Å²) in [7, 11) is 0. The smallest absolute Gasteiger partial charge is 0.150 e. The number of benzene rings is 2. The Hall–Kier alpha value is -2.42. The van der Waals surface area contributed by atoms with Crippen molar-refractivity contribution >= 4 is 17.2 Å². The molecule has 0 bridgehead atoms. The minimum atomic E-state index is 0.698. The Morgan fingerprint density at radius 3 is 2.53 bits per heavy atom. The fourth-order valence-electron chi connectivity index (χ4n) is 2.17.